The van der Waals surface area contributed by atoms with Gasteiger partial charge in [-0.15, -0.1) is 0 Å². The van der Waals surface area contributed by atoms with Crippen molar-refractivity contribution in [1.29, 1.82) is 5.26 Å². The number of hydrogen-bond acceptors (Lipinski definition) is 4. The number of nitrogens with zero attached hydrogens (tertiary/aromatic N) is 3. The summed E-state index contributed by atoms with van der Waals surface area (Å²) in [6, 6.07) is 3.20. The first-order valence-electron chi connectivity index (χ1n) is 7.64. The normalized spacial score (nSPS) is 37.4. The van der Waals surface area contributed by atoms with Crippen molar-refractivity contribution >= 4 is 0 Å². The predicted octanol–water partition coefficient (Wildman–Crippen LogP) is 1.29. The number of rotatable bonds is 4. The quantitative estimate of drug-likeness (QED) is 0.831. The number of hydrogen-bond donors (Lipinski definition) is 1. The molecule has 3 atom stereocenters. The highest BCUT2D eigenvalue weighted by Gasteiger charge is 2.41. The van der Waals surface area contributed by atoms with Gasteiger partial charge in [-0.2, -0.15) is 5.26 Å². The molecule has 0 aromatic heterocycles. The van der Waals surface area contributed by atoms with Crippen molar-refractivity contribution in [2.24, 2.45) is 5.92 Å². The van der Waals surface area contributed by atoms with Crippen LogP contribution in [-0.2, 0) is 0 Å². The Balaban J connectivity index is 1.84. The van der Waals surface area contributed by atoms with Gasteiger partial charge in [-0.05, 0) is 52.7 Å². The molecule has 3 unspecified atom stereocenters. The first kappa shape index (κ1) is 14.8. The molecular formula is C15H28N4. The van der Waals surface area contributed by atoms with E-state index in [1.54, 1.807) is 0 Å². The summed E-state index contributed by atoms with van der Waals surface area (Å²) in [5, 5.41) is 12.8. The van der Waals surface area contributed by atoms with Gasteiger partial charge in [-0.25, -0.2) is 0 Å². The molecule has 19 heavy (non-hydrogen) atoms. The Kier molecular flexibility index (Phi) is 4.83. The number of piperazine rings is 1. The van der Waals surface area contributed by atoms with Crippen LogP contribution < -0.4 is 5.32 Å². The minimum Gasteiger partial charge on any atom is -0.302 e. The zero-order valence-electron chi connectivity index (χ0n) is 12.7. The molecule has 0 aromatic carbocycles. The molecule has 0 spiro atoms. The van der Waals surface area contributed by atoms with Crippen LogP contribution in [0, 0.1) is 17.2 Å². The lowest BCUT2D eigenvalue weighted by Gasteiger charge is -2.38. The van der Waals surface area contributed by atoms with E-state index >= 15 is 0 Å². The molecular weight excluding hydrogens is 236 g/mol. The smallest absolute Gasteiger partial charge is 0.109 e. The SMILES string of the molecule is CNC1(C#N)CCCC1CCN1CCN(C)C(C)C1. The third kappa shape index (κ3) is 3.10. The molecule has 0 amide bonds. The fraction of sp³-hybridized carbons (Fsp3) is 0.933. The van der Waals surface area contributed by atoms with Gasteiger partial charge in [-0.3, -0.25) is 0 Å². The van der Waals surface area contributed by atoms with Crippen molar-refractivity contribution in [3.63, 3.8) is 0 Å². The first-order valence-corrected chi connectivity index (χ1v) is 7.64. The Morgan fingerprint density at radius 3 is 2.84 bits per heavy atom. The molecule has 1 saturated carbocycles. The van der Waals surface area contributed by atoms with E-state index < -0.39 is 0 Å². The highest BCUT2D eigenvalue weighted by Crippen LogP contribution is 2.37. The Morgan fingerprint density at radius 1 is 1.42 bits per heavy atom. The zero-order chi connectivity index (χ0) is 13.9. The molecule has 1 aliphatic heterocycles. The van der Waals surface area contributed by atoms with Crippen LogP contribution in [0.2, 0.25) is 0 Å². The maximum absolute atomic E-state index is 9.47. The van der Waals surface area contributed by atoms with Gasteiger partial charge in [0.25, 0.3) is 0 Å². The Bertz CT molecular complexity index is 338. The van der Waals surface area contributed by atoms with Crippen LogP contribution in [0.15, 0.2) is 0 Å². The Labute approximate surface area is 117 Å². The summed E-state index contributed by atoms with van der Waals surface area (Å²) in [6.45, 7) is 6.96. The van der Waals surface area contributed by atoms with Crippen molar-refractivity contribution in [3.8, 4) is 6.07 Å². The summed E-state index contributed by atoms with van der Waals surface area (Å²) >= 11 is 0. The van der Waals surface area contributed by atoms with Crippen LogP contribution in [0.4, 0.5) is 0 Å². The molecule has 0 aromatic rings. The summed E-state index contributed by atoms with van der Waals surface area (Å²) in [5.41, 5.74) is -0.252. The molecule has 108 valence electrons. The molecule has 1 aliphatic carbocycles. The molecule has 2 aliphatic rings. The number of likely N-dealkylation sites (N-methyl/N-ethyl adjacent to an activating group) is 1. The lowest BCUT2D eigenvalue weighted by molar-refractivity contribution is 0.0975. The van der Waals surface area contributed by atoms with Gasteiger partial charge in [0, 0.05) is 25.7 Å². The molecule has 2 rings (SSSR count). The van der Waals surface area contributed by atoms with Gasteiger partial charge in [0.05, 0.1) is 6.07 Å². The van der Waals surface area contributed by atoms with Crippen LogP contribution in [0.25, 0.3) is 0 Å². The molecule has 0 bridgehead atoms. The lowest BCUT2D eigenvalue weighted by Crippen LogP contribution is -2.51. The lowest BCUT2D eigenvalue weighted by atomic mass is 9.86. The average molecular weight is 264 g/mol. The van der Waals surface area contributed by atoms with E-state index in [2.05, 4.69) is 35.2 Å². The standard InChI is InChI=1S/C15H28N4/c1-13-11-19(10-9-18(13)3)8-6-14-5-4-7-15(14,12-16)17-2/h13-14,17H,4-11H2,1-3H3. The van der Waals surface area contributed by atoms with E-state index in [1.807, 2.05) is 7.05 Å². The van der Waals surface area contributed by atoms with Crippen LogP contribution in [0.1, 0.15) is 32.6 Å². The summed E-state index contributed by atoms with van der Waals surface area (Å²) < 4.78 is 0. The second-order valence-corrected chi connectivity index (χ2v) is 6.34. The Morgan fingerprint density at radius 2 is 2.21 bits per heavy atom. The highest BCUT2D eigenvalue weighted by molar-refractivity contribution is 5.13. The minimum absolute atomic E-state index is 0.252. The third-order valence-corrected chi connectivity index (χ3v) is 5.30. The van der Waals surface area contributed by atoms with Gasteiger partial charge in [0.1, 0.15) is 5.54 Å². The summed E-state index contributed by atoms with van der Waals surface area (Å²) in [6.07, 6.45) is 4.57. The van der Waals surface area contributed by atoms with E-state index in [0.29, 0.717) is 12.0 Å². The molecule has 1 N–H and O–H groups in total. The van der Waals surface area contributed by atoms with E-state index in [-0.39, 0.29) is 5.54 Å². The highest BCUT2D eigenvalue weighted by atomic mass is 15.3. The monoisotopic (exact) mass is 264 g/mol. The second-order valence-electron chi connectivity index (χ2n) is 6.34. The maximum Gasteiger partial charge on any atom is 0.109 e. The predicted molar refractivity (Wildman–Crippen MR) is 77.9 cm³/mol. The van der Waals surface area contributed by atoms with Crippen LogP contribution in [0.3, 0.4) is 0 Å². The van der Waals surface area contributed by atoms with Crippen LogP contribution >= 0.6 is 0 Å². The third-order valence-electron chi connectivity index (χ3n) is 5.30. The molecule has 0 radical (unpaired) electrons. The summed E-state index contributed by atoms with van der Waals surface area (Å²) in [5.74, 6) is 0.525. The van der Waals surface area contributed by atoms with E-state index in [9.17, 15) is 5.26 Å². The fourth-order valence-electron chi connectivity index (χ4n) is 3.67. The van der Waals surface area contributed by atoms with Crippen molar-refractivity contribution in [2.75, 3.05) is 40.3 Å². The Hall–Kier alpha value is -0.630. The summed E-state index contributed by atoms with van der Waals surface area (Å²) in [7, 11) is 4.15. The maximum atomic E-state index is 9.47. The molecule has 4 heteroatoms. The van der Waals surface area contributed by atoms with Gasteiger partial charge in [0.2, 0.25) is 0 Å². The summed E-state index contributed by atoms with van der Waals surface area (Å²) in [4.78, 5) is 5.00. The topological polar surface area (TPSA) is 42.3 Å². The molecule has 2 fully saturated rings. The van der Waals surface area contributed by atoms with E-state index in [0.717, 1.165) is 19.4 Å². The zero-order valence-corrected chi connectivity index (χ0v) is 12.7. The van der Waals surface area contributed by atoms with Crippen LogP contribution in [-0.4, -0.2) is 61.7 Å². The fourth-order valence-corrected chi connectivity index (χ4v) is 3.67. The second kappa shape index (κ2) is 6.21. The van der Waals surface area contributed by atoms with Gasteiger partial charge < -0.3 is 15.1 Å². The van der Waals surface area contributed by atoms with E-state index in [4.69, 9.17) is 0 Å². The minimum atomic E-state index is -0.252. The molecule has 1 heterocycles. The van der Waals surface area contributed by atoms with Crippen molar-refractivity contribution in [1.82, 2.24) is 15.1 Å². The number of nitriles is 1. The van der Waals surface area contributed by atoms with Gasteiger partial charge >= 0.3 is 0 Å². The van der Waals surface area contributed by atoms with Crippen molar-refractivity contribution < 1.29 is 0 Å². The first-order chi connectivity index (χ1) is 9.11. The van der Waals surface area contributed by atoms with Gasteiger partial charge in [-0.1, -0.05) is 6.42 Å². The van der Waals surface area contributed by atoms with Crippen molar-refractivity contribution in [2.45, 2.75) is 44.2 Å². The molecule has 4 nitrogen and oxygen atoms in total. The van der Waals surface area contributed by atoms with Crippen molar-refractivity contribution in [3.05, 3.63) is 0 Å². The number of nitrogens with one attached hydrogen (secondary N) is 1. The van der Waals surface area contributed by atoms with Crippen LogP contribution in [0.5, 0.6) is 0 Å². The molecule has 1 saturated heterocycles. The van der Waals surface area contributed by atoms with E-state index in [1.165, 1.54) is 32.5 Å². The average Bonchev–Trinajstić information content (AvgIpc) is 2.83. The largest absolute Gasteiger partial charge is 0.302 e. The van der Waals surface area contributed by atoms with Gasteiger partial charge in [0.15, 0.2) is 0 Å².